The highest BCUT2D eigenvalue weighted by molar-refractivity contribution is 5.88. The fraction of sp³-hybridized carbons (Fsp3) is 0.432. The average molecular weight is 616 g/mol. The molecule has 8 nitrogen and oxygen atoms in total. The van der Waals surface area contributed by atoms with Crippen LogP contribution in [0.15, 0.2) is 91.0 Å². The summed E-state index contributed by atoms with van der Waals surface area (Å²) in [5.74, 6) is -1.09. The molecule has 3 rings (SSSR count). The molecule has 1 unspecified atom stereocenters. The molecule has 3 aromatic rings. The van der Waals surface area contributed by atoms with Crippen molar-refractivity contribution in [2.75, 3.05) is 0 Å². The minimum Gasteiger partial charge on any atom is -0.444 e. The van der Waals surface area contributed by atoms with Crippen molar-refractivity contribution in [3.05, 3.63) is 108 Å². The molecule has 3 amide bonds. The Morgan fingerprint density at radius 2 is 1.22 bits per heavy atom. The lowest BCUT2D eigenvalue weighted by atomic mass is 9.88. The number of aliphatic hydroxyl groups is 1. The number of hydrogen-bond acceptors (Lipinski definition) is 5. The van der Waals surface area contributed by atoms with Gasteiger partial charge in [-0.25, -0.2) is 4.79 Å². The third-order valence-corrected chi connectivity index (χ3v) is 7.34. The largest absolute Gasteiger partial charge is 0.444 e. The normalized spacial score (nSPS) is 14.1. The second kappa shape index (κ2) is 17.4. The van der Waals surface area contributed by atoms with Crippen LogP contribution in [-0.4, -0.2) is 46.8 Å². The molecule has 0 aliphatic heterocycles. The quantitative estimate of drug-likeness (QED) is 0.178. The van der Waals surface area contributed by atoms with Crippen molar-refractivity contribution in [1.29, 1.82) is 0 Å². The second-order valence-corrected chi connectivity index (χ2v) is 13.0. The Morgan fingerprint density at radius 3 is 1.73 bits per heavy atom. The van der Waals surface area contributed by atoms with Crippen molar-refractivity contribution in [3.63, 3.8) is 0 Å². The number of ether oxygens (including phenoxy) is 1. The predicted octanol–water partition coefficient (Wildman–Crippen LogP) is 5.58. The predicted molar refractivity (Wildman–Crippen MR) is 177 cm³/mol. The topological polar surface area (TPSA) is 117 Å². The Balaban J connectivity index is 1.81. The van der Waals surface area contributed by atoms with Gasteiger partial charge in [-0.15, -0.1) is 0 Å². The molecule has 0 radical (unpaired) electrons. The first-order valence-corrected chi connectivity index (χ1v) is 15.8. The molecule has 0 aromatic heterocycles. The lowest BCUT2D eigenvalue weighted by molar-refractivity contribution is -0.132. The fourth-order valence-electron chi connectivity index (χ4n) is 5.15. The Bertz CT molecular complexity index is 1330. The first kappa shape index (κ1) is 35.3. The molecule has 0 saturated heterocycles. The monoisotopic (exact) mass is 615 g/mol. The average Bonchev–Trinajstić information content (AvgIpc) is 2.99. The number of carbonyl (C=O) groups excluding carboxylic acids is 3. The molecule has 0 fully saturated rings. The summed E-state index contributed by atoms with van der Waals surface area (Å²) in [6, 6.07) is 27.3. The SMILES string of the molecule is CC(C)CC(NC(=O)[C@H](Cc1ccccc1)C[C@H](O)[C@H](Cc1ccccc1)NC(=O)OC(C)(C)C)C(=O)NCc1ccccc1. The Morgan fingerprint density at radius 1 is 0.711 bits per heavy atom. The zero-order valence-electron chi connectivity index (χ0n) is 27.2. The maximum atomic E-state index is 13.9. The van der Waals surface area contributed by atoms with E-state index in [1.165, 1.54) is 0 Å². The Hall–Kier alpha value is -4.17. The molecule has 8 heteroatoms. The Kier molecular flexibility index (Phi) is 13.6. The van der Waals surface area contributed by atoms with Crippen molar-refractivity contribution in [1.82, 2.24) is 16.0 Å². The molecule has 242 valence electrons. The van der Waals surface area contributed by atoms with Gasteiger partial charge in [0.25, 0.3) is 0 Å². The fourth-order valence-corrected chi connectivity index (χ4v) is 5.15. The summed E-state index contributed by atoms with van der Waals surface area (Å²) < 4.78 is 5.49. The third kappa shape index (κ3) is 13.2. The number of amides is 3. The minimum atomic E-state index is -1.08. The summed E-state index contributed by atoms with van der Waals surface area (Å²) in [6.45, 7) is 9.70. The van der Waals surface area contributed by atoms with E-state index < -0.39 is 35.8 Å². The molecule has 0 saturated carbocycles. The summed E-state index contributed by atoms with van der Waals surface area (Å²) in [5, 5.41) is 20.4. The van der Waals surface area contributed by atoms with E-state index >= 15 is 0 Å². The summed E-state index contributed by atoms with van der Waals surface area (Å²) in [4.78, 5) is 40.0. The van der Waals surface area contributed by atoms with Crippen LogP contribution in [0.4, 0.5) is 4.79 Å². The van der Waals surface area contributed by atoms with Gasteiger partial charge in [0.15, 0.2) is 0 Å². The van der Waals surface area contributed by atoms with E-state index in [0.29, 0.717) is 25.8 Å². The van der Waals surface area contributed by atoms with Gasteiger partial charge < -0.3 is 25.8 Å². The molecule has 4 N–H and O–H groups in total. The molecule has 0 spiro atoms. The maximum Gasteiger partial charge on any atom is 0.407 e. The number of rotatable bonds is 15. The number of hydrogen-bond donors (Lipinski definition) is 4. The van der Waals surface area contributed by atoms with Crippen LogP contribution >= 0.6 is 0 Å². The van der Waals surface area contributed by atoms with Crippen molar-refractivity contribution >= 4 is 17.9 Å². The molecule has 0 aliphatic carbocycles. The summed E-state index contributed by atoms with van der Waals surface area (Å²) >= 11 is 0. The molecular weight excluding hydrogens is 566 g/mol. The summed E-state index contributed by atoms with van der Waals surface area (Å²) in [6.07, 6.45) is -0.489. The van der Waals surface area contributed by atoms with Crippen LogP contribution in [0.25, 0.3) is 0 Å². The van der Waals surface area contributed by atoms with Gasteiger partial charge in [0.1, 0.15) is 11.6 Å². The lowest BCUT2D eigenvalue weighted by Gasteiger charge is -2.30. The van der Waals surface area contributed by atoms with Gasteiger partial charge >= 0.3 is 6.09 Å². The zero-order valence-corrected chi connectivity index (χ0v) is 27.2. The van der Waals surface area contributed by atoms with Gasteiger partial charge in [0.2, 0.25) is 11.8 Å². The summed E-state index contributed by atoms with van der Waals surface area (Å²) in [7, 11) is 0. The van der Waals surface area contributed by atoms with Crippen LogP contribution in [0.2, 0.25) is 0 Å². The lowest BCUT2D eigenvalue weighted by Crippen LogP contribution is -2.51. The van der Waals surface area contributed by atoms with Crippen molar-refractivity contribution in [2.45, 2.75) is 90.6 Å². The number of aliphatic hydroxyl groups excluding tert-OH is 1. The molecule has 0 bridgehead atoms. The van der Waals surface area contributed by atoms with Crippen LogP contribution in [0.3, 0.4) is 0 Å². The molecule has 45 heavy (non-hydrogen) atoms. The van der Waals surface area contributed by atoms with E-state index in [2.05, 4.69) is 16.0 Å². The molecule has 4 atom stereocenters. The highest BCUT2D eigenvalue weighted by Gasteiger charge is 2.32. The zero-order chi connectivity index (χ0) is 32.8. The molecule has 0 heterocycles. The second-order valence-electron chi connectivity index (χ2n) is 13.0. The van der Waals surface area contributed by atoms with E-state index in [1.54, 1.807) is 20.8 Å². The highest BCUT2D eigenvalue weighted by Crippen LogP contribution is 2.20. The van der Waals surface area contributed by atoms with Crippen molar-refractivity contribution < 1.29 is 24.2 Å². The molecule has 3 aromatic carbocycles. The molecular formula is C37H49N3O5. The van der Waals surface area contributed by atoms with E-state index in [9.17, 15) is 19.5 Å². The van der Waals surface area contributed by atoms with Crippen LogP contribution in [0.1, 0.15) is 64.2 Å². The maximum absolute atomic E-state index is 13.9. The standard InChI is InChI=1S/C37H49N3O5/c1-26(2)21-32(35(43)38-25-29-19-13-8-14-20-29)39-34(42)30(22-27-15-9-6-10-16-27)24-33(41)31(23-28-17-11-7-12-18-28)40-36(44)45-37(3,4)5/h6-20,26,30-33,41H,21-25H2,1-5H3,(H,38,43)(H,39,42)(H,40,44)/t30-,31+,32?,33+/m1/s1. The van der Waals surface area contributed by atoms with Crippen LogP contribution < -0.4 is 16.0 Å². The summed E-state index contributed by atoms with van der Waals surface area (Å²) in [5.41, 5.74) is 2.11. The van der Waals surface area contributed by atoms with E-state index in [-0.39, 0.29) is 24.2 Å². The first-order valence-electron chi connectivity index (χ1n) is 15.8. The third-order valence-electron chi connectivity index (χ3n) is 7.34. The first-order chi connectivity index (χ1) is 21.4. The number of carbonyl (C=O) groups is 3. The van der Waals surface area contributed by atoms with Gasteiger partial charge in [-0.1, -0.05) is 105 Å². The van der Waals surface area contributed by atoms with Crippen LogP contribution in [-0.2, 0) is 33.7 Å². The number of nitrogens with one attached hydrogen (secondary N) is 3. The number of benzene rings is 3. The minimum absolute atomic E-state index is 0.0636. The highest BCUT2D eigenvalue weighted by atomic mass is 16.6. The van der Waals surface area contributed by atoms with Gasteiger partial charge in [0, 0.05) is 12.5 Å². The van der Waals surface area contributed by atoms with Gasteiger partial charge in [-0.05, 0) is 69.1 Å². The smallest absolute Gasteiger partial charge is 0.407 e. The van der Waals surface area contributed by atoms with Crippen LogP contribution in [0, 0.1) is 11.8 Å². The van der Waals surface area contributed by atoms with Gasteiger partial charge in [-0.2, -0.15) is 0 Å². The van der Waals surface area contributed by atoms with Crippen LogP contribution in [0.5, 0.6) is 0 Å². The van der Waals surface area contributed by atoms with E-state index in [0.717, 1.165) is 16.7 Å². The number of alkyl carbamates (subject to hydrolysis) is 1. The van der Waals surface area contributed by atoms with Gasteiger partial charge in [-0.3, -0.25) is 9.59 Å². The van der Waals surface area contributed by atoms with E-state index in [1.807, 2.05) is 105 Å². The van der Waals surface area contributed by atoms with Gasteiger partial charge in [0.05, 0.1) is 12.1 Å². The van der Waals surface area contributed by atoms with Crippen molar-refractivity contribution in [3.8, 4) is 0 Å². The molecule has 0 aliphatic rings. The Labute approximate surface area is 268 Å². The van der Waals surface area contributed by atoms with E-state index in [4.69, 9.17) is 4.74 Å². The van der Waals surface area contributed by atoms with Crippen molar-refractivity contribution in [2.24, 2.45) is 11.8 Å².